The van der Waals surface area contributed by atoms with Gasteiger partial charge in [0, 0.05) is 6.07 Å². The number of benzene rings is 2. The first-order valence-electron chi connectivity index (χ1n) is 4.37. The van der Waals surface area contributed by atoms with Crippen molar-refractivity contribution in [3.8, 4) is 11.5 Å². The smallest absolute Gasteiger partial charge is 0.238 e. The number of primary sulfonamides is 1. The van der Waals surface area contributed by atoms with Gasteiger partial charge in [-0.15, -0.1) is 0 Å². The molecule has 0 aliphatic carbocycles. The molecule has 0 aromatic heterocycles. The summed E-state index contributed by atoms with van der Waals surface area (Å²) in [5.74, 6) is -0.435. The van der Waals surface area contributed by atoms with Crippen molar-refractivity contribution >= 4 is 20.8 Å². The fourth-order valence-electron chi connectivity index (χ4n) is 1.52. The first-order chi connectivity index (χ1) is 7.39. The maximum atomic E-state index is 11.1. The predicted octanol–water partition coefficient (Wildman–Crippen LogP) is 0.898. The predicted molar refractivity (Wildman–Crippen MR) is 58.7 cm³/mol. The van der Waals surface area contributed by atoms with Gasteiger partial charge in [-0.05, 0) is 17.5 Å². The van der Waals surface area contributed by atoms with Gasteiger partial charge < -0.3 is 10.2 Å². The summed E-state index contributed by atoms with van der Waals surface area (Å²) in [7, 11) is -3.87. The van der Waals surface area contributed by atoms with Gasteiger partial charge in [0.25, 0.3) is 0 Å². The van der Waals surface area contributed by atoms with Crippen LogP contribution in [0.2, 0.25) is 0 Å². The van der Waals surface area contributed by atoms with E-state index in [1.165, 1.54) is 12.1 Å². The Morgan fingerprint density at radius 3 is 2.38 bits per heavy atom. The molecular formula is C10H9NO4S. The van der Waals surface area contributed by atoms with Gasteiger partial charge in [-0.3, -0.25) is 0 Å². The van der Waals surface area contributed by atoms with E-state index in [1.54, 1.807) is 12.1 Å². The van der Waals surface area contributed by atoms with Crippen molar-refractivity contribution in [2.24, 2.45) is 5.14 Å². The Morgan fingerprint density at radius 1 is 1.06 bits per heavy atom. The van der Waals surface area contributed by atoms with Gasteiger partial charge in [0.15, 0.2) is 0 Å². The Kier molecular flexibility index (Phi) is 2.25. The zero-order valence-corrected chi connectivity index (χ0v) is 8.90. The van der Waals surface area contributed by atoms with Crippen molar-refractivity contribution in [3.05, 3.63) is 30.3 Å². The van der Waals surface area contributed by atoms with Crippen molar-refractivity contribution in [1.29, 1.82) is 0 Å². The number of hydrogen-bond acceptors (Lipinski definition) is 4. The van der Waals surface area contributed by atoms with Gasteiger partial charge in [-0.25, -0.2) is 13.6 Å². The normalized spacial score (nSPS) is 11.8. The number of rotatable bonds is 1. The molecule has 5 nitrogen and oxygen atoms in total. The molecule has 0 radical (unpaired) electrons. The first-order valence-corrected chi connectivity index (χ1v) is 5.92. The highest BCUT2D eigenvalue weighted by Crippen LogP contribution is 2.34. The molecule has 0 aliphatic rings. The van der Waals surface area contributed by atoms with Crippen molar-refractivity contribution < 1.29 is 18.6 Å². The summed E-state index contributed by atoms with van der Waals surface area (Å²) in [5.41, 5.74) is 0. The van der Waals surface area contributed by atoms with Crippen LogP contribution in [0.15, 0.2) is 35.2 Å². The molecule has 2 aromatic carbocycles. The Morgan fingerprint density at radius 2 is 1.75 bits per heavy atom. The van der Waals surface area contributed by atoms with Gasteiger partial charge >= 0.3 is 0 Å². The lowest BCUT2D eigenvalue weighted by Crippen LogP contribution is -2.11. The maximum Gasteiger partial charge on any atom is 0.238 e. The number of hydrogen-bond donors (Lipinski definition) is 3. The molecule has 0 saturated heterocycles. The van der Waals surface area contributed by atoms with Gasteiger partial charge in [-0.2, -0.15) is 0 Å². The summed E-state index contributed by atoms with van der Waals surface area (Å²) in [6, 6.07) is 6.83. The Bertz CT molecular complexity index is 664. The molecule has 2 rings (SSSR count). The SMILES string of the molecule is NS(=O)(=O)c1cc(O)c2c(O)cccc2c1. The van der Waals surface area contributed by atoms with E-state index in [-0.39, 0.29) is 21.8 Å². The molecule has 0 unspecified atom stereocenters. The Labute approximate surface area is 91.8 Å². The quantitative estimate of drug-likeness (QED) is 0.688. The fourth-order valence-corrected chi connectivity index (χ4v) is 2.09. The van der Waals surface area contributed by atoms with Crippen LogP contribution in [0.1, 0.15) is 0 Å². The van der Waals surface area contributed by atoms with Crippen LogP contribution in [-0.4, -0.2) is 18.6 Å². The maximum absolute atomic E-state index is 11.1. The second kappa shape index (κ2) is 3.36. The Hall–Kier alpha value is -1.79. The standard InChI is InChI=1S/C10H9NO4S/c11-16(14,15)7-4-6-2-1-3-8(12)10(6)9(13)5-7/h1-5,12-13H,(H2,11,14,15). The molecule has 16 heavy (non-hydrogen) atoms. The summed E-state index contributed by atoms with van der Waals surface area (Å²) in [6.45, 7) is 0. The topological polar surface area (TPSA) is 101 Å². The summed E-state index contributed by atoms with van der Waals surface area (Å²) < 4.78 is 22.2. The minimum absolute atomic E-state index is 0.115. The minimum Gasteiger partial charge on any atom is -0.507 e. The molecule has 4 N–H and O–H groups in total. The number of sulfonamides is 1. The second-order valence-electron chi connectivity index (χ2n) is 3.36. The molecule has 0 spiro atoms. The van der Waals surface area contributed by atoms with E-state index in [0.717, 1.165) is 6.07 Å². The Balaban J connectivity index is 2.89. The molecule has 0 aliphatic heterocycles. The van der Waals surface area contributed by atoms with Crippen LogP contribution in [0, 0.1) is 0 Å². The van der Waals surface area contributed by atoms with Crippen LogP contribution in [0.3, 0.4) is 0 Å². The summed E-state index contributed by atoms with van der Waals surface area (Å²) in [6.07, 6.45) is 0. The fraction of sp³-hybridized carbons (Fsp3) is 0. The van der Waals surface area contributed by atoms with Crippen LogP contribution in [0.4, 0.5) is 0 Å². The van der Waals surface area contributed by atoms with E-state index in [9.17, 15) is 18.6 Å². The van der Waals surface area contributed by atoms with Gasteiger partial charge in [-0.1, -0.05) is 12.1 Å². The van der Waals surface area contributed by atoms with Gasteiger partial charge in [0.2, 0.25) is 10.0 Å². The molecule has 0 fully saturated rings. The van der Waals surface area contributed by atoms with E-state index >= 15 is 0 Å². The van der Waals surface area contributed by atoms with Crippen LogP contribution < -0.4 is 5.14 Å². The van der Waals surface area contributed by atoms with Crippen LogP contribution >= 0.6 is 0 Å². The van der Waals surface area contributed by atoms with Crippen molar-refractivity contribution in [2.45, 2.75) is 4.90 Å². The van der Waals surface area contributed by atoms with Crippen molar-refractivity contribution in [3.63, 3.8) is 0 Å². The van der Waals surface area contributed by atoms with E-state index in [2.05, 4.69) is 0 Å². The third-order valence-electron chi connectivity index (χ3n) is 2.24. The molecular weight excluding hydrogens is 230 g/mol. The highest BCUT2D eigenvalue weighted by Gasteiger charge is 2.13. The number of phenolic OH excluding ortho intramolecular Hbond substituents is 2. The highest BCUT2D eigenvalue weighted by molar-refractivity contribution is 7.89. The monoisotopic (exact) mass is 239 g/mol. The zero-order valence-electron chi connectivity index (χ0n) is 8.08. The second-order valence-corrected chi connectivity index (χ2v) is 4.92. The highest BCUT2D eigenvalue weighted by atomic mass is 32.2. The van der Waals surface area contributed by atoms with Crippen LogP contribution in [0.5, 0.6) is 11.5 Å². The molecule has 0 amide bonds. The van der Waals surface area contributed by atoms with Crippen molar-refractivity contribution in [1.82, 2.24) is 0 Å². The molecule has 84 valence electrons. The van der Waals surface area contributed by atoms with E-state index in [1.807, 2.05) is 0 Å². The lowest BCUT2D eigenvalue weighted by atomic mass is 10.1. The van der Waals surface area contributed by atoms with Crippen LogP contribution in [-0.2, 0) is 10.0 Å². The largest absolute Gasteiger partial charge is 0.507 e. The first kappa shape index (κ1) is 10.7. The number of aromatic hydroxyl groups is 2. The average Bonchev–Trinajstić information content (AvgIpc) is 2.15. The lowest BCUT2D eigenvalue weighted by Gasteiger charge is -2.06. The third-order valence-corrected chi connectivity index (χ3v) is 3.13. The van der Waals surface area contributed by atoms with Crippen LogP contribution in [0.25, 0.3) is 10.8 Å². The number of phenols is 2. The number of nitrogens with two attached hydrogens (primary N) is 1. The summed E-state index contributed by atoms with van der Waals surface area (Å²) >= 11 is 0. The molecule has 0 bridgehead atoms. The van der Waals surface area contributed by atoms with Gasteiger partial charge in [0.05, 0.1) is 10.3 Å². The summed E-state index contributed by atoms with van der Waals surface area (Å²) in [4.78, 5) is -0.192. The zero-order chi connectivity index (χ0) is 11.9. The average molecular weight is 239 g/mol. The van der Waals surface area contributed by atoms with Crippen molar-refractivity contribution in [2.75, 3.05) is 0 Å². The molecule has 0 atom stereocenters. The molecule has 6 heteroatoms. The summed E-state index contributed by atoms with van der Waals surface area (Å²) in [5, 5.41) is 24.7. The number of fused-ring (bicyclic) bond motifs is 1. The molecule has 2 aromatic rings. The molecule has 0 heterocycles. The third kappa shape index (κ3) is 1.68. The van der Waals surface area contributed by atoms with E-state index in [4.69, 9.17) is 5.14 Å². The lowest BCUT2D eigenvalue weighted by molar-refractivity contribution is 0.463. The van der Waals surface area contributed by atoms with Gasteiger partial charge in [0.1, 0.15) is 11.5 Å². The minimum atomic E-state index is -3.87. The van der Waals surface area contributed by atoms with E-state index in [0.29, 0.717) is 5.39 Å². The molecule has 0 saturated carbocycles. The van der Waals surface area contributed by atoms with E-state index < -0.39 is 10.0 Å².